The summed E-state index contributed by atoms with van der Waals surface area (Å²) in [4.78, 5) is 45.8. The zero-order valence-electron chi connectivity index (χ0n) is 4.62. The van der Waals surface area contributed by atoms with Crippen LogP contribution in [0.15, 0.2) is 0 Å². The summed E-state index contributed by atoms with van der Waals surface area (Å²) in [5.74, 6) is 0. The van der Waals surface area contributed by atoms with Gasteiger partial charge in [-0.1, -0.05) is 0 Å². The molecule has 0 rings (SSSR count). The van der Waals surface area contributed by atoms with Gasteiger partial charge >= 0.3 is 45.6 Å². The van der Waals surface area contributed by atoms with Gasteiger partial charge in [-0.05, 0) is 0 Å². The van der Waals surface area contributed by atoms with Gasteiger partial charge < -0.3 is 29.4 Å². The minimum atomic E-state index is -4.64. The van der Waals surface area contributed by atoms with E-state index in [2.05, 4.69) is 0 Å². The molecule has 10 heteroatoms. The van der Waals surface area contributed by atoms with Crippen LogP contribution in [0.2, 0.25) is 0 Å². The summed E-state index contributed by atoms with van der Waals surface area (Å²) in [5, 5.41) is 0. The molecule has 0 aromatic heterocycles. The third kappa shape index (κ3) is 258. The van der Waals surface area contributed by atoms with Crippen LogP contribution in [0.25, 0.3) is 0 Å². The van der Waals surface area contributed by atoms with Crippen molar-refractivity contribution in [2.24, 2.45) is 0 Å². The van der Waals surface area contributed by atoms with Crippen LogP contribution in [-0.4, -0.2) is 57.3 Å². The van der Waals surface area contributed by atoms with E-state index in [-0.39, 0.29) is 37.7 Å². The maximum Gasteiger partial charge on any atom is 2.00 e. The molecule has 0 aliphatic carbocycles. The third-order valence-corrected chi connectivity index (χ3v) is 0. The molecule has 0 amide bonds. The van der Waals surface area contributed by atoms with E-state index in [4.69, 9.17) is 33.9 Å². The van der Waals surface area contributed by atoms with Crippen molar-refractivity contribution in [2.75, 3.05) is 0 Å². The number of hydrogen-bond acceptors (Lipinski definition) is 4. The molecule has 7 nitrogen and oxygen atoms in total. The van der Waals surface area contributed by atoms with Crippen LogP contribution < -0.4 is 9.79 Å². The molecule has 0 saturated heterocycles. The van der Waals surface area contributed by atoms with Crippen LogP contribution in [0.5, 0.6) is 0 Å². The standard InChI is InChI=1S/Ca.H3O4P.HO3P/c;1-5(2,3)4;1-4(2)3/h;(H3,1,2,3,4);1H/q+2;;-2. The third-order valence-electron chi connectivity index (χ3n) is 0. The summed E-state index contributed by atoms with van der Waals surface area (Å²) in [6.45, 7) is 0. The number of hydrogen-bond donors (Lipinski definition) is 4. The Bertz CT molecular complexity index is 82.8. The quantitative estimate of drug-likeness (QED) is 0.245. The van der Waals surface area contributed by atoms with Crippen molar-refractivity contribution < 1.29 is 33.9 Å². The van der Waals surface area contributed by atoms with Gasteiger partial charge in [0, 0.05) is 0 Å². The molecule has 0 aliphatic heterocycles. The van der Waals surface area contributed by atoms with Gasteiger partial charge in [-0.2, -0.15) is 8.60 Å². The Balaban J connectivity index is -0.0000000910. The van der Waals surface area contributed by atoms with Crippen LogP contribution in [0.3, 0.4) is 0 Å². The predicted molar refractivity (Wildman–Crippen MR) is 29.2 cm³/mol. The predicted octanol–water partition coefficient (Wildman–Crippen LogP) is -3.38. The van der Waals surface area contributed by atoms with Crippen molar-refractivity contribution in [3.63, 3.8) is 0 Å². The molecule has 58 valence electrons. The van der Waals surface area contributed by atoms with Gasteiger partial charge in [0.05, 0.1) is 0 Å². The Kier molecular flexibility index (Phi) is 15.5. The van der Waals surface area contributed by atoms with Crippen LogP contribution in [0.4, 0.5) is 0 Å². The van der Waals surface area contributed by atoms with E-state index in [0.29, 0.717) is 0 Å². The topological polar surface area (TPSA) is 144 Å². The molecule has 0 atom stereocenters. The number of rotatable bonds is 0. The minimum absolute atomic E-state index is 0. The van der Waals surface area contributed by atoms with Gasteiger partial charge in [0.25, 0.3) is 0 Å². The van der Waals surface area contributed by atoms with E-state index in [1.165, 1.54) is 0 Å². The van der Waals surface area contributed by atoms with Gasteiger partial charge in [0.2, 0.25) is 0 Å². The van der Waals surface area contributed by atoms with E-state index in [9.17, 15) is 0 Å². The van der Waals surface area contributed by atoms with Crippen LogP contribution in [0.1, 0.15) is 0 Å². The first-order valence-corrected chi connectivity index (χ1v) is 4.04. The summed E-state index contributed by atoms with van der Waals surface area (Å²) in [6.07, 6.45) is 0. The van der Waals surface area contributed by atoms with Gasteiger partial charge in [-0.3, -0.25) is 0 Å². The van der Waals surface area contributed by atoms with Gasteiger partial charge in [0.1, 0.15) is 0 Å². The van der Waals surface area contributed by atoms with Crippen molar-refractivity contribution in [3.05, 3.63) is 0 Å². The average Bonchev–Trinajstić information content (AvgIpc) is 1.19. The normalized spacial score (nSPS) is 9.50. The monoisotopic (exact) mass is 218 g/mol. The zero-order chi connectivity index (χ0) is 8.08. The molecular formula is H4CaO7P2. The van der Waals surface area contributed by atoms with Crippen LogP contribution in [-0.2, 0) is 4.57 Å². The van der Waals surface area contributed by atoms with E-state index in [0.717, 1.165) is 0 Å². The van der Waals surface area contributed by atoms with Gasteiger partial charge in [0.15, 0.2) is 0 Å². The molecule has 0 aromatic rings. The molecule has 0 saturated carbocycles. The molecule has 0 radical (unpaired) electrons. The second-order valence-electron chi connectivity index (χ2n) is 0.751. The summed E-state index contributed by atoms with van der Waals surface area (Å²) in [6, 6.07) is 0. The summed E-state index contributed by atoms with van der Waals surface area (Å²) < 4.78 is 8.88. The van der Waals surface area contributed by atoms with Crippen LogP contribution >= 0.6 is 16.4 Å². The summed E-state index contributed by atoms with van der Waals surface area (Å²) in [5.41, 5.74) is 0. The maximum atomic E-state index is 8.88. The Hall–Kier alpha value is 1.68. The second kappa shape index (κ2) is 8.77. The first-order valence-electron chi connectivity index (χ1n) is 1.35. The SMILES string of the molecule is O=P(O)(O)O.[Ca+2].[O-]P([O-])O. The minimum Gasteiger partial charge on any atom is -0.820 e. The molecule has 0 bridgehead atoms. The van der Waals surface area contributed by atoms with E-state index in [1.54, 1.807) is 0 Å². The smallest absolute Gasteiger partial charge is 0.820 e. The summed E-state index contributed by atoms with van der Waals surface area (Å²) in [7, 11) is -7.76. The van der Waals surface area contributed by atoms with Crippen molar-refractivity contribution >= 4 is 54.2 Å². The Morgan fingerprint density at radius 3 is 1.20 bits per heavy atom. The molecule has 0 aromatic carbocycles. The fraction of sp³-hybridized carbons (Fsp3) is 0. The Labute approximate surface area is 87.6 Å². The van der Waals surface area contributed by atoms with Gasteiger partial charge in [-0.25, -0.2) is 4.57 Å². The molecule has 0 heterocycles. The van der Waals surface area contributed by atoms with E-state index >= 15 is 0 Å². The Morgan fingerprint density at radius 2 is 1.20 bits per heavy atom. The first-order chi connectivity index (χ1) is 3.73. The van der Waals surface area contributed by atoms with Crippen molar-refractivity contribution in [1.29, 1.82) is 0 Å². The molecule has 0 spiro atoms. The molecule has 10 heavy (non-hydrogen) atoms. The second-order valence-corrected chi connectivity index (χ2v) is 2.25. The molecule has 0 unspecified atom stereocenters. The summed E-state index contributed by atoms with van der Waals surface area (Å²) >= 11 is 0. The molecule has 4 N–H and O–H groups in total. The first kappa shape index (κ1) is 17.7. The molecule has 0 aliphatic rings. The van der Waals surface area contributed by atoms with Crippen LogP contribution in [0, 0.1) is 0 Å². The van der Waals surface area contributed by atoms with Crippen molar-refractivity contribution in [3.8, 4) is 0 Å². The molecule has 0 fully saturated rings. The van der Waals surface area contributed by atoms with Gasteiger partial charge in [-0.15, -0.1) is 0 Å². The fourth-order valence-electron chi connectivity index (χ4n) is 0. The number of phosphoric acid groups is 1. The zero-order valence-corrected chi connectivity index (χ0v) is 8.61. The van der Waals surface area contributed by atoms with Crippen molar-refractivity contribution in [1.82, 2.24) is 0 Å². The maximum absolute atomic E-state index is 8.88. The van der Waals surface area contributed by atoms with E-state index in [1.807, 2.05) is 0 Å². The average molecular weight is 218 g/mol. The molecular weight excluding hydrogens is 214 g/mol. The Morgan fingerprint density at radius 1 is 1.20 bits per heavy atom. The fourth-order valence-corrected chi connectivity index (χ4v) is 0. The largest absolute Gasteiger partial charge is 2.00 e. The van der Waals surface area contributed by atoms with E-state index < -0.39 is 16.4 Å². The van der Waals surface area contributed by atoms with Crippen molar-refractivity contribution in [2.45, 2.75) is 0 Å².